The fourth-order valence-electron chi connectivity index (χ4n) is 3.24. The first-order chi connectivity index (χ1) is 12.6. The second-order valence-electron chi connectivity index (χ2n) is 6.77. The van der Waals surface area contributed by atoms with Gasteiger partial charge in [0.1, 0.15) is 0 Å². The Morgan fingerprint density at radius 2 is 2.12 bits per heavy atom. The van der Waals surface area contributed by atoms with Crippen LogP contribution >= 0.6 is 11.3 Å². The molecule has 1 heterocycles. The Morgan fingerprint density at radius 1 is 1.31 bits per heavy atom. The lowest BCUT2D eigenvalue weighted by Gasteiger charge is -2.18. The molecule has 1 aromatic carbocycles. The van der Waals surface area contributed by atoms with E-state index in [4.69, 9.17) is 0 Å². The van der Waals surface area contributed by atoms with Gasteiger partial charge in [0.15, 0.2) is 5.13 Å². The molecule has 2 N–H and O–H groups in total. The van der Waals surface area contributed by atoms with Crippen molar-refractivity contribution in [2.75, 3.05) is 11.9 Å². The minimum atomic E-state index is -0.147. The first-order valence-corrected chi connectivity index (χ1v) is 10.0. The average Bonchev–Trinajstić information content (AvgIpc) is 3.02. The molecular formula is C20H25N3O2S. The van der Waals surface area contributed by atoms with E-state index in [-0.39, 0.29) is 18.2 Å². The number of anilines is 1. The SMILES string of the molecule is CCC1CCc2nc(NC(=O)CCNC(=O)c3ccccc3C)sc2C1. The second-order valence-corrected chi connectivity index (χ2v) is 7.86. The van der Waals surface area contributed by atoms with Gasteiger partial charge in [0, 0.05) is 23.4 Å². The number of carbonyl (C=O) groups is 2. The topological polar surface area (TPSA) is 71.1 Å². The molecule has 0 saturated carbocycles. The van der Waals surface area contributed by atoms with Gasteiger partial charge in [-0.2, -0.15) is 0 Å². The molecular weight excluding hydrogens is 346 g/mol. The molecule has 26 heavy (non-hydrogen) atoms. The highest BCUT2D eigenvalue weighted by molar-refractivity contribution is 7.15. The van der Waals surface area contributed by atoms with E-state index in [1.54, 1.807) is 17.4 Å². The molecule has 138 valence electrons. The fourth-order valence-corrected chi connectivity index (χ4v) is 4.38. The van der Waals surface area contributed by atoms with Gasteiger partial charge >= 0.3 is 0 Å². The van der Waals surface area contributed by atoms with E-state index in [2.05, 4.69) is 22.5 Å². The van der Waals surface area contributed by atoms with Crippen LogP contribution in [0.15, 0.2) is 24.3 Å². The van der Waals surface area contributed by atoms with Crippen LogP contribution in [-0.4, -0.2) is 23.3 Å². The van der Waals surface area contributed by atoms with Gasteiger partial charge in [-0.1, -0.05) is 31.5 Å². The summed E-state index contributed by atoms with van der Waals surface area (Å²) in [5.41, 5.74) is 2.71. The second kappa shape index (κ2) is 8.45. The van der Waals surface area contributed by atoms with Gasteiger partial charge < -0.3 is 10.6 Å². The standard InChI is InChI=1S/C20H25N3O2S/c1-3-14-8-9-16-17(12-14)26-20(22-16)23-18(24)10-11-21-19(25)15-7-5-4-6-13(15)2/h4-7,14H,3,8-12H2,1-2H3,(H,21,25)(H,22,23,24). The maximum absolute atomic E-state index is 12.1. The van der Waals surface area contributed by atoms with E-state index in [0.717, 1.165) is 30.0 Å². The summed E-state index contributed by atoms with van der Waals surface area (Å²) in [5.74, 6) is 0.475. The van der Waals surface area contributed by atoms with Gasteiger partial charge in [-0.05, 0) is 43.7 Å². The Kier molecular flexibility index (Phi) is 6.04. The highest BCUT2D eigenvalue weighted by Gasteiger charge is 2.22. The number of amides is 2. The minimum absolute atomic E-state index is 0.117. The molecule has 2 amide bonds. The molecule has 0 radical (unpaired) electrons. The van der Waals surface area contributed by atoms with Gasteiger partial charge in [0.2, 0.25) is 5.91 Å². The summed E-state index contributed by atoms with van der Waals surface area (Å²) < 4.78 is 0. The van der Waals surface area contributed by atoms with Crippen molar-refractivity contribution in [2.24, 2.45) is 5.92 Å². The molecule has 0 fully saturated rings. The van der Waals surface area contributed by atoms with Crippen LogP contribution in [0, 0.1) is 12.8 Å². The lowest BCUT2D eigenvalue weighted by atomic mass is 9.89. The number of hydrogen-bond acceptors (Lipinski definition) is 4. The van der Waals surface area contributed by atoms with Crippen molar-refractivity contribution in [1.82, 2.24) is 10.3 Å². The largest absolute Gasteiger partial charge is 0.352 e. The summed E-state index contributed by atoms with van der Waals surface area (Å²) in [4.78, 5) is 30.2. The molecule has 2 aromatic rings. The Labute approximate surface area is 158 Å². The van der Waals surface area contributed by atoms with Gasteiger partial charge in [0.05, 0.1) is 5.69 Å². The lowest BCUT2D eigenvalue weighted by molar-refractivity contribution is -0.116. The molecule has 1 unspecified atom stereocenters. The van der Waals surface area contributed by atoms with Crippen molar-refractivity contribution in [1.29, 1.82) is 0 Å². The summed E-state index contributed by atoms with van der Waals surface area (Å²) in [5, 5.41) is 6.36. The number of fused-ring (bicyclic) bond motifs is 1. The van der Waals surface area contributed by atoms with Crippen molar-refractivity contribution in [3.63, 3.8) is 0 Å². The van der Waals surface area contributed by atoms with Crippen LogP contribution in [0.1, 0.15) is 52.7 Å². The lowest BCUT2D eigenvalue weighted by Crippen LogP contribution is -2.28. The molecule has 1 aliphatic rings. The molecule has 1 atom stereocenters. The van der Waals surface area contributed by atoms with Crippen molar-refractivity contribution in [2.45, 2.75) is 46.0 Å². The zero-order valence-corrected chi connectivity index (χ0v) is 16.1. The molecule has 0 spiro atoms. The van der Waals surface area contributed by atoms with E-state index >= 15 is 0 Å². The molecule has 0 saturated heterocycles. The van der Waals surface area contributed by atoms with E-state index in [9.17, 15) is 9.59 Å². The minimum Gasteiger partial charge on any atom is -0.352 e. The number of aromatic nitrogens is 1. The highest BCUT2D eigenvalue weighted by Crippen LogP contribution is 2.33. The van der Waals surface area contributed by atoms with E-state index < -0.39 is 0 Å². The number of hydrogen-bond donors (Lipinski definition) is 2. The predicted octanol–water partition coefficient (Wildman–Crippen LogP) is 3.73. The monoisotopic (exact) mass is 371 g/mol. The number of nitrogens with one attached hydrogen (secondary N) is 2. The first-order valence-electron chi connectivity index (χ1n) is 9.19. The summed E-state index contributed by atoms with van der Waals surface area (Å²) in [6.45, 7) is 4.43. The normalized spacial score (nSPS) is 16.0. The highest BCUT2D eigenvalue weighted by atomic mass is 32.1. The van der Waals surface area contributed by atoms with Crippen molar-refractivity contribution < 1.29 is 9.59 Å². The Bertz CT molecular complexity index is 800. The zero-order chi connectivity index (χ0) is 18.5. The van der Waals surface area contributed by atoms with E-state index in [0.29, 0.717) is 17.2 Å². The maximum Gasteiger partial charge on any atom is 0.251 e. The third-order valence-electron chi connectivity index (χ3n) is 4.89. The van der Waals surface area contributed by atoms with Crippen molar-refractivity contribution in [3.8, 4) is 0 Å². The predicted molar refractivity (Wildman–Crippen MR) is 105 cm³/mol. The fraction of sp³-hybridized carbons (Fsp3) is 0.450. The molecule has 1 aliphatic carbocycles. The number of carbonyl (C=O) groups excluding carboxylic acids is 2. The molecule has 3 rings (SSSR count). The number of benzene rings is 1. The Morgan fingerprint density at radius 3 is 2.88 bits per heavy atom. The summed E-state index contributed by atoms with van der Waals surface area (Å²) >= 11 is 1.59. The first kappa shape index (κ1) is 18.6. The average molecular weight is 372 g/mol. The summed E-state index contributed by atoms with van der Waals surface area (Å²) in [6.07, 6.45) is 4.70. The zero-order valence-electron chi connectivity index (χ0n) is 15.3. The van der Waals surface area contributed by atoms with Crippen LogP contribution in [0.2, 0.25) is 0 Å². The van der Waals surface area contributed by atoms with Crippen LogP contribution in [0.3, 0.4) is 0 Å². The number of rotatable bonds is 6. The molecule has 0 bridgehead atoms. The van der Waals surface area contributed by atoms with Gasteiger partial charge in [-0.15, -0.1) is 11.3 Å². The van der Waals surface area contributed by atoms with E-state index in [1.807, 2.05) is 25.1 Å². The number of thiazole rings is 1. The summed E-state index contributed by atoms with van der Waals surface area (Å²) in [7, 11) is 0. The van der Waals surface area contributed by atoms with Gasteiger partial charge in [-0.25, -0.2) is 4.98 Å². The molecule has 6 heteroatoms. The van der Waals surface area contributed by atoms with Crippen LogP contribution in [-0.2, 0) is 17.6 Å². The molecule has 1 aromatic heterocycles. The molecule has 0 aliphatic heterocycles. The third kappa shape index (κ3) is 4.49. The van der Waals surface area contributed by atoms with Crippen LogP contribution in [0.25, 0.3) is 0 Å². The van der Waals surface area contributed by atoms with Gasteiger partial charge in [-0.3, -0.25) is 9.59 Å². The van der Waals surface area contributed by atoms with E-state index in [1.165, 1.54) is 17.7 Å². The number of aryl methyl sites for hydroxylation is 2. The number of nitrogens with zero attached hydrogens (tertiary/aromatic N) is 1. The van der Waals surface area contributed by atoms with Crippen molar-refractivity contribution in [3.05, 3.63) is 46.0 Å². The quantitative estimate of drug-likeness (QED) is 0.813. The smallest absolute Gasteiger partial charge is 0.251 e. The summed E-state index contributed by atoms with van der Waals surface area (Å²) in [6, 6.07) is 7.42. The van der Waals surface area contributed by atoms with Crippen LogP contribution in [0.5, 0.6) is 0 Å². The maximum atomic E-state index is 12.1. The Balaban J connectivity index is 1.47. The van der Waals surface area contributed by atoms with Gasteiger partial charge in [0.25, 0.3) is 5.91 Å². The third-order valence-corrected chi connectivity index (χ3v) is 5.93. The van der Waals surface area contributed by atoms with Crippen LogP contribution < -0.4 is 10.6 Å². The molecule has 5 nitrogen and oxygen atoms in total. The van der Waals surface area contributed by atoms with Crippen molar-refractivity contribution >= 4 is 28.3 Å². The van der Waals surface area contributed by atoms with Crippen LogP contribution in [0.4, 0.5) is 5.13 Å². The Hall–Kier alpha value is -2.21.